The number of rotatable bonds is 5. The number of carboxylic acid groups (broad SMARTS) is 1. The van der Waals surface area contributed by atoms with E-state index < -0.39 is 5.97 Å². The molecule has 0 radical (unpaired) electrons. The first kappa shape index (κ1) is 23.0. The van der Waals surface area contributed by atoms with Gasteiger partial charge in [0.2, 0.25) is 0 Å². The molecule has 1 aromatic carbocycles. The third kappa shape index (κ3) is 3.83. The Balaban J connectivity index is 1.59. The van der Waals surface area contributed by atoms with Crippen molar-refractivity contribution in [1.29, 1.82) is 5.26 Å². The van der Waals surface area contributed by atoms with Gasteiger partial charge < -0.3 is 21.1 Å². The van der Waals surface area contributed by atoms with E-state index in [2.05, 4.69) is 48.8 Å². The van der Waals surface area contributed by atoms with E-state index in [9.17, 15) is 4.79 Å². The van der Waals surface area contributed by atoms with Crippen LogP contribution < -0.4 is 11.5 Å². The number of carboxylic acids is 1. The summed E-state index contributed by atoms with van der Waals surface area (Å²) in [5, 5.41) is 19.5. The van der Waals surface area contributed by atoms with Crippen molar-refractivity contribution in [3.63, 3.8) is 0 Å². The number of aryl methyl sites for hydroxylation is 1. The van der Waals surface area contributed by atoms with Gasteiger partial charge in [-0.1, -0.05) is 25.1 Å². The number of nitriles is 1. The van der Waals surface area contributed by atoms with Gasteiger partial charge in [0.1, 0.15) is 11.6 Å². The molecule has 5 N–H and O–H groups in total. The molecule has 4 aromatic rings. The lowest BCUT2D eigenvalue weighted by atomic mass is 9.86. The maximum Gasteiger partial charge on any atom is 0.346 e. The highest BCUT2D eigenvalue weighted by atomic mass is 32.1. The number of nitrogens with two attached hydrogens (primary N) is 2. The standard InChI is InChI=1S/C27H24N4O2S2/c1-3-31-22-7-5-4-6-17(22)19-11-18(14(2)8-23(19)31)25-21(30)12-24(35-25)26-20(29)10-16(34-26)9-15(13-28)27(32)33/h4-7,9-12,14H,3,8,29-30H2,1-2H3,(H,32,33)/b15-9+. The SMILES string of the molecule is CCn1c2c(c3ccccc31)C=C(c1sc(-c3sc(/C=C(\C#N)C(=O)O)cc3N)cc1N)C(C)C2. The van der Waals surface area contributed by atoms with Crippen molar-refractivity contribution in [1.82, 2.24) is 4.57 Å². The number of nitrogen functional groups attached to an aromatic ring is 2. The molecule has 0 aliphatic heterocycles. The van der Waals surface area contributed by atoms with Gasteiger partial charge in [0.05, 0.1) is 21.1 Å². The molecule has 0 saturated carbocycles. The van der Waals surface area contributed by atoms with E-state index >= 15 is 0 Å². The highest BCUT2D eigenvalue weighted by molar-refractivity contribution is 7.23. The van der Waals surface area contributed by atoms with Crippen LogP contribution in [0.4, 0.5) is 11.4 Å². The smallest absolute Gasteiger partial charge is 0.346 e. The summed E-state index contributed by atoms with van der Waals surface area (Å²) in [5.41, 5.74) is 18.8. The van der Waals surface area contributed by atoms with E-state index in [1.807, 2.05) is 6.07 Å². The number of nitrogens with zero attached hydrogens (tertiary/aromatic N) is 2. The summed E-state index contributed by atoms with van der Waals surface area (Å²) >= 11 is 2.96. The second-order valence-corrected chi connectivity index (χ2v) is 10.8. The predicted molar refractivity (Wildman–Crippen MR) is 146 cm³/mol. The van der Waals surface area contributed by atoms with Crippen LogP contribution in [0.15, 0.2) is 42.0 Å². The van der Waals surface area contributed by atoms with Crippen LogP contribution in [0.2, 0.25) is 0 Å². The van der Waals surface area contributed by atoms with Gasteiger partial charge in [-0.05, 0) is 55.2 Å². The molecule has 3 aromatic heterocycles. The van der Waals surface area contributed by atoms with E-state index in [1.165, 1.54) is 45.1 Å². The molecule has 1 aliphatic carbocycles. The van der Waals surface area contributed by atoms with Gasteiger partial charge in [0.15, 0.2) is 0 Å². The van der Waals surface area contributed by atoms with Gasteiger partial charge >= 0.3 is 5.97 Å². The van der Waals surface area contributed by atoms with Gasteiger partial charge in [0, 0.05) is 38.5 Å². The largest absolute Gasteiger partial charge is 0.477 e. The van der Waals surface area contributed by atoms with Gasteiger partial charge in [-0.15, -0.1) is 22.7 Å². The van der Waals surface area contributed by atoms with Crippen molar-refractivity contribution in [2.24, 2.45) is 5.92 Å². The highest BCUT2D eigenvalue weighted by Crippen LogP contribution is 2.48. The number of hydrogen-bond acceptors (Lipinski definition) is 6. The van der Waals surface area contributed by atoms with Crippen LogP contribution in [0.3, 0.4) is 0 Å². The van der Waals surface area contributed by atoms with Crippen LogP contribution in [0.25, 0.3) is 38.4 Å². The lowest BCUT2D eigenvalue weighted by molar-refractivity contribution is -0.132. The van der Waals surface area contributed by atoms with Crippen molar-refractivity contribution in [3.8, 4) is 15.8 Å². The van der Waals surface area contributed by atoms with E-state index in [0.29, 0.717) is 22.2 Å². The fourth-order valence-corrected chi connectivity index (χ4v) is 7.18. The summed E-state index contributed by atoms with van der Waals surface area (Å²) in [6.07, 6.45) is 4.59. The Kier molecular flexibility index (Phi) is 5.75. The maximum absolute atomic E-state index is 11.2. The molecule has 1 unspecified atom stereocenters. The highest BCUT2D eigenvalue weighted by Gasteiger charge is 2.27. The fraction of sp³-hybridized carbons (Fsp3) is 0.185. The van der Waals surface area contributed by atoms with Crippen molar-refractivity contribution in [2.75, 3.05) is 11.5 Å². The molecule has 176 valence electrons. The van der Waals surface area contributed by atoms with Gasteiger partial charge in [-0.2, -0.15) is 5.26 Å². The Morgan fingerprint density at radius 2 is 1.97 bits per heavy atom. The fourth-order valence-electron chi connectivity index (χ4n) is 4.83. The minimum absolute atomic E-state index is 0.304. The van der Waals surface area contributed by atoms with Crippen LogP contribution in [0, 0.1) is 17.2 Å². The first-order chi connectivity index (χ1) is 16.8. The number of aliphatic carboxylic acids is 1. The number of anilines is 2. The Morgan fingerprint density at radius 3 is 2.69 bits per heavy atom. The molecule has 35 heavy (non-hydrogen) atoms. The first-order valence-electron chi connectivity index (χ1n) is 11.3. The molecule has 1 atom stereocenters. The van der Waals surface area contributed by atoms with Crippen molar-refractivity contribution < 1.29 is 9.90 Å². The molecule has 1 aliphatic rings. The quantitative estimate of drug-likeness (QED) is 0.218. The Morgan fingerprint density at radius 1 is 1.23 bits per heavy atom. The van der Waals surface area contributed by atoms with Crippen LogP contribution in [0.5, 0.6) is 0 Å². The van der Waals surface area contributed by atoms with E-state index in [0.717, 1.165) is 27.6 Å². The second-order valence-electron chi connectivity index (χ2n) is 8.63. The zero-order valence-corrected chi connectivity index (χ0v) is 21.0. The van der Waals surface area contributed by atoms with Crippen molar-refractivity contribution >= 4 is 68.6 Å². The predicted octanol–water partition coefficient (Wildman–Crippen LogP) is 6.34. The molecule has 3 heterocycles. The van der Waals surface area contributed by atoms with Crippen molar-refractivity contribution in [3.05, 3.63) is 63.0 Å². The summed E-state index contributed by atoms with van der Waals surface area (Å²) in [6, 6.07) is 13.9. The number of aromatic nitrogens is 1. The molecule has 0 saturated heterocycles. The molecule has 0 amide bonds. The van der Waals surface area contributed by atoms with Gasteiger partial charge in [0.25, 0.3) is 0 Å². The normalized spacial score (nSPS) is 15.6. The summed E-state index contributed by atoms with van der Waals surface area (Å²) in [7, 11) is 0. The first-order valence-corrected chi connectivity index (χ1v) is 12.9. The third-order valence-electron chi connectivity index (χ3n) is 6.43. The topological polar surface area (TPSA) is 118 Å². The minimum atomic E-state index is -1.26. The van der Waals surface area contributed by atoms with Crippen LogP contribution in [0.1, 0.15) is 34.9 Å². The lowest BCUT2D eigenvalue weighted by Gasteiger charge is -2.22. The molecule has 5 rings (SSSR count). The number of thiophene rings is 2. The molecule has 6 nitrogen and oxygen atoms in total. The molecule has 0 spiro atoms. The van der Waals surface area contributed by atoms with E-state index in [4.69, 9.17) is 21.8 Å². The molecular weight excluding hydrogens is 476 g/mol. The molecule has 0 fully saturated rings. The third-order valence-corrected chi connectivity index (χ3v) is 8.91. The number of para-hydroxylation sites is 1. The van der Waals surface area contributed by atoms with Gasteiger partial charge in [-0.3, -0.25) is 0 Å². The van der Waals surface area contributed by atoms with E-state index in [-0.39, 0.29) is 5.57 Å². The second kappa shape index (κ2) is 8.77. The molecular formula is C27H24N4O2S2. The number of hydrogen-bond donors (Lipinski definition) is 3. The van der Waals surface area contributed by atoms with Crippen LogP contribution >= 0.6 is 22.7 Å². The van der Waals surface area contributed by atoms with Crippen LogP contribution in [-0.2, 0) is 17.8 Å². The Labute approximate surface area is 211 Å². The minimum Gasteiger partial charge on any atom is -0.477 e. The number of allylic oxidation sites excluding steroid dienone is 1. The van der Waals surface area contributed by atoms with Crippen molar-refractivity contribution in [2.45, 2.75) is 26.8 Å². The molecule has 0 bridgehead atoms. The number of benzene rings is 1. The average molecular weight is 501 g/mol. The number of carbonyl (C=O) groups is 1. The Hall–Kier alpha value is -3.80. The maximum atomic E-state index is 11.2. The van der Waals surface area contributed by atoms with Gasteiger partial charge in [-0.25, -0.2) is 4.79 Å². The lowest BCUT2D eigenvalue weighted by Crippen LogP contribution is -2.12. The van der Waals surface area contributed by atoms with E-state index in [1.54, 1.807) is 23.5 Å². The summed E-state index contributed by atoms with van der Waals surface area (Å²) in [5.74, 6) is -0.954. The number of fused-ring (bicyclic) bond motifs is 3. The average Bonchev–Trinajstić information content (AvgIpc) is 3.49. The summed E-state index contributed by atoms with van der Waals surface area (Å²) < 4.78 is 2.41. The molecule has 8 heteroatoms. The summed E-state index contributed by atoms with van der Waals surface area (Å²) in [4.78, 5) is 14.6. The monoisotopic (exact) mass is 500 g/mol. The zero-order chi connectivity index (χ0) is 24.9. The zero-order valence-electron chi connectivity index (χ0n) is 19.3. The summed E-state index contributed by atoms with van der Waals surface area (Å²) in [6.45, 7) is 5.36. The Bertz CT molecular complexity index is 1590. The van der Waals surface area contributed by atoms with Crippen LogP contribution in [-0.4, -0.2) is 15.6 Å².